The van der Waals surface area contributed by atoms with Crippen molar-refractivity contribution in [2.75, 3.05) is 11.2 Å². The third kappa shape index (κ3) is 3.51. The molecular weight excluding hydrogens is 336 g/mol. The molecule has 0 aliphatic heterocycles. The number of nitrogens with zero attached hydrogens (tertiary/aromatic N) is 3. The van der Waals surface area contributed by atoms with Crippen LogP contribution < -0.4 is 5.32 Å². The van der Waals surface area contributed by atoms with E-state index in [0.29, 0.717) is 11.6 Å². The number of hydrogen-bond acceptors (Lipinski definition) is 3. The number of aryl methyl sites for hydroxylation is 4. The lowest BCUT2D eigenvalue weighted by atomic mass is 10.0. The Labute approximate surface area is 152 Å². The molecule has 1 amide bonds. The summed E-state index contributed by atoms with van der Waals surface area (Å²) in [5.74, 6) is 1.43. The highest BCUT2D eigenvalue weighted by atomic mass is 35.5. The second-order valence-corrected chi connectivity index (χ2v) is 6.72. The second-order valence-electron chi connectivity index (χ2n) is 6.35. The maximum absolute atomic E-state index is 11.9. The Morgan fingerprint density at radius 3 is 2.60 bits per heavy atom. The number of pyridine rings is 1. The van der Waals surface area contributed by atoms with Crippen LogP contribution in [0.1, 0.15) is 28.8 Å². The molecule has 130 valence electrons. The minimum atomic E-state index is -0.138. The zero-order valence-electron chi connectivity index (χ0n) is 14.9. The van der Waals surface area contributed by atoms with Crippen LogP contribution in [-0.2, 0) is 4.79 Å². The summed E-state index contributed by atoms with van der Waals surface area (Å²) >= 11 is 5.65. The normalized spacial score (nSPS) is 11.1. The minimum Gasteiger partial charge on any atom is -0.310 e. The Kier molecular flexibility index (Phi) is 4.77. The molecular formula is C19H21ClN4O. The smallest absolute Gasteiger partial charge is 0.226 e. The van der Waals surface area contributed by atoms with Crippen molar-refractivity contribution in [3.63, 3.8) is 0 Å². The molecule has 2 aromatic heterocycles. The molecule has 0 fully saturated rings. The topological polar surface area (TPSA) is 59.8 Å². The van der Waals surface area contributed by atoms with E-state index in [2.05, 4.69) is 43.3 Å². The average molecular weight is 357 g/mol. The molecule has 5 nitrogen and oxygen atoms in total. The summed E-state index contributed by atoms with van der Waals surface area (Å²) in [7, 11) is 0. The number of fused-ring (bicyclic) bond motifs is 1. The van der Waals surface area contributed by atoms with Gasteiger partial charge in [0.25, 0.3) is 0 Å². The van der Waals surface area contributed by atoms with Gasteiger partial charge in [0.1, 0.15) is 5.82 Å². The highest BCUT2D eigenvalue weighted by Crippen LogP contribution is 2.25. The molecule has 0 aliphatic carbocycles. The number of aromatic nitrogens is 3. The third-order valence-corrected chi connectivity index (χ3v) is 4.27. The standard InChI is InChI=1S/C19H21ClN4O/c1-11-7-13(3)19-15(8-11)12(2)9-16(22-19)24-17(10-14(4)23-24)21-18(25)5-6-20/h7-10H,5-6H2,1-4H3,(H,21,25). The number of benzene rings is 1. The molecule has 0 spiro atoms. The van der Waals surface area contributed by atoms with Crippen molar-refractivity contribution in [2.24, 2.45) is 0 Å². The molecule has 0 saturated carbocycles. The number of carbonyl (C=O) groups excluding carboxylic acids is 1. The molecule has 3 rings (SSSR count). The molecule has 0 radical (unpaired) electrons. The van der Waals surface area contributed by atoms with Crippen molar-refractivity contribution < 1.29 is 4.79 Å². The number of hydrogen-bond donors (Lipinski definition) is 1. The van der Waals surface area contributed by atoms with E-state index in [4.69, 9.17) is 16.6 Å². The molecule has 1 aromatic carbocycles. The highest BCUT2D eigenvalue weighted by Gasteiger charge is 2.14. The van der Waals surface area contributed by atoms with E-state index >= 15 is 0 Å². The van der Waals surface area contributed by atoms with Crippen LogP contribution in [0.5, 0.6) is 0 Å². The van der Waals surface area contributed by atoms with Gasteiger partial charge in [-0.3, -0.25) is 4.79 Å². The van der Waals surface area contributed by atoms with Gasteiger partial charge in [-0.05, 0) is 51.0 Å². The number of amides is 1. The fourth-order valence-electron chi connectivity index (χ4n) is 2.99. The van der Waals surface area contributed by atoms with Crippen LogP contribution in [-0.4, -0.2) is 26.6 Å². The molecule has 0 unspecified atom stereocenters. The third-order valence-electron chi connectivity index (χ3n) is 4.08. The van der Waals surface area contributed by atoms with E-state index in [9.17, 15) is 4.79 Å². The van der Waals surface area contributed by atoms with Crippen molar-refractivity contribution in [1.29, 1.82) is 0 Å². The van der Waals surface area contributed by atoms with Crippen LogP contribution in [0.4, 0.5) is 5.82 Å². The predicted octanol–water partition coefficient (Wildman–Crippen LogP) is 4.22. The highest BCUT2D eigenvalue weighted by molar-refractivity contribution is 6.19. The predicted molar refractivity (Wildman–Crippen MR) is 102 cm³/mol. The van der Waals surface area contributed by atoms with E-state index in [-0.39, 0.29) is 18.2 Å². The van der Waals surface area contributed by atoms with Gasteiger partial charge in [0, 0.05) is 23.8 Å². The Balaban J connectivity index is 2.12. The summed E-state index contributed by atoms with van der Waals surface area (Å²) in [5, 5.41) is 8.49. The number of carbonyl (C=O) groups is 1. The second kappa shape index (κ2) is 6.84. The summed E-state index contributed by atoms with van der Waals surface area (Å²) in [5.41, 5.74) is 5.22. The number of anilines is 1. The molecule has 0 bridgehead atoms. The van der Waals surface area contributed by atoms with Gasteiger partial charge in [-0.2, -0.15) is 9.78 Å². The van der Waals surface area contributed by atoms with Crippen molar-refractivity contribution in [3.05, 3.63) is 46.6 Å². The summed E-state index contributed by atoms with van der Waals surface area (Å²) in [4.78, 5) is 16.7. The first kappa shape index (κ1) is 17.4. The number of alkyl halides is 1. The molecule has 0 aliphatic rings. The van der Waals surface area contributed by atoms with Crippen LogP contribution in [0, 0.1) is 27.7 Å². The van der Waals surface area contributed by atoms with E-state index in [0.717, 1.165) is 27.7 Å². The van der Waals surface area contributed by atoms with Gasteiger partial charge in [0.2, 0.25) is 5.91 Å². The summed E-state index contributed by atoms with van der Waals surface area (Å²) in [6, 6.07) is 8.09. The summed E-state index contributed by atoms with van der Waals surface area (Å²) in [6.07, 6.45) is 0.258. The lowest BCUT2D eigenvalue weighted by Gasteiger charge is -2.12. The van der Waals surface area contributed by atoms with Crippen LogP contribution in [0.3, 0.4) is 0 Å². The first-order valence-corrected chi connectivity index (χ1v) is 8.74. The SMILES string of the molecule is Cc1cc(C)c2nc(-n3nc(C)cc3NC(=O)CCCl)cc(C)c2c1. The fraction of sp³-hybridized carbons (Fsp3) is 0.316. The average Bonchev–Trinajstić information content (AvgIpc) is 2.88. The van der Waals surface area contributed by atoms with E-state index in [1.165, 1.54) is 5.56 Å². The minimum absolute atomic E-state index is 0.138. The lowest BCUT2D eigenvalue weighted by molar-refractivity contribution is -0.115. The lowest BCUT2D eigenvalue weighted by Crippen LogP contribution is -2.15. The number of nitrogens with one attached hydrogen (secondary N) is 1. The van der Waals surface area contributed by atoms with Crippen LogP contribution in [0.25, 0.3) is 16.7 Å². The van der Waals surface area contributed by atoms with Crippen molar-refractivity contribution in [2.45, 2.75) is 34.1 Å². The molecule has 6 heteroatoms. The van der Waals surface area contributed by atoms with Gasteiger partial charge in [0.05, 0.1) is 11.2 Å². The van der Waals surface area contributed by atoms with Gasteiger partial charge in [-0.15, -0.1) is 11.6 Å². The van der Waals surface area contributed by atoms with Gasteiger partial charge in [0.15, 0.2) is 5.82 Å². The molecule has 1 N–H and O–H groups in total. The Morgan fingerprint density at radius 1 is 1.12 bits per heavy atom. The molecule has 2 heterocycles. The van der Waals surface area contributed by atoms with Crippen LogP contribution >= 0.6 is 11.6 Å². The van der Waals surface area contributed by atoms with Crippen molar-refractivity contribution in [3.8, 4) is 5.82 Å². The number of rotatable bonds is 4. The van der Waals surface area contributed by atoms with Crippen LogP contribution in [0.2, 0.25) is 0 Å². The van der Waals surface area contributed by atoms with E-state index < -0.39 is 0 Å². The maximum Gasteiger partial charge on any atom is 0.226 e. The zero-order valence-corrected chi connectivity index (χ0v) is 15.6. The monoisotopic (exact) mass is 356 g/mol. The largest absolute Gasteiger partial charge is 0.310 e. The molecule has 0 atom stereocenters. The van der Waals surface area contributed by atoms with E-state index in [1.54, 1.807) is 4.68 Å². The van der Waals surface area contributed by atoms with Gasteiger partial charge < -0.3 is 5.32 Å². The van der Waals surface area contributed by atoms with Gasteiger partial charge >= 0.3 is 0 Å². The van der Waals surface area contributed by atoms with Gasteiger partial charge in [-0.1, -0.05) is 11.6 Å². The Hall–Kier alpha value is -2.40. The Bertz CT molecular complexity index is 962. The quantitative estimate of drug-likeness (QED) is 0.712. The van der Waals surface area contributed by atoms with E-state index in [1.807, 2.05) is 19.1 Å². The molecule has 3 aromatic rings. The molecule has 0 saturated heterocycles. The van der Waals surface area contributed by atoms with Crippen molar-refractivity contribution in [1.82, 2.24) is 14.8 Å². The summed E-state index contributed by atoms with van der Waals surface area (Å²) in [6.45, 7) is 8.09. The Morgan fingerprint density at radius 2 is 1.88 bits per heavy atom. The fourth-order valence-corrected chi connectivity index (χ4v) is 3.16. The molecule has 25 heavy (non-hydrogen) atoms. The first-order valence-electron chi connectivity index (χ1n) is 8.20. The summed E-state index contributed by atoms with van der Waals surface area (Å²) < 4.78 is 1.67. The maximum atomic E-state index is 11.9. The van der Waals surface area contributed by atoms with Gasteiger partial charge in [-0.25, -0.2) is 4.98 Å². The van der Waals surface area contributed by atoms with Crippen molar-refractivity contribution >= 4 is 34.2 Å². The zero-order chi connectivity index (χ0) is 18.1. The first-order chi connectivity index (χ1) is 11.9. The number of halogens is 1. The van der Waals surface area contributed by atoms with Crippen LogP contribution in [0.15, 0.2) is 24.3 Å².